The second kappa shape index (κ2) is 8.46. The lowest BCUT2D eigenvalue weighted by atomic mass is 10.00. The van der Waals surface area contributed by atoms with Crippen molar-refractivity contribution in [2.75, 3.05) is 26.3 Å². The van der Waals surface area contributed by atoms with Gasteiger partial charge < -0.3 is 9.84 Å². The van der Waals surface area contributed by atoms with Gasteiger partial charge in [-0.15, -0.1) is 0 Å². The summed E-state index contributed by atoms with van der Waals surface area (Å²) in [6, 6.07) is 11.7. The van der Waals surface area contributed by atoms with E-state index >= 15 is 0 Å². The fraction of sp³-hybridized carbons (Fsp3) is 0.261. The largest absolute Gasteiger partial charge is 0.476 e. The van der Waals surface area contributed by atoms with Crippen LogP contribution in [-0.4, -0.2) is 57.5 Å². The summed E-state index contributed by atoms with van der Waals surface area (Å²) in [5.41, 5.74) is 2.67. The van der Waals surface area contributed by atoms with Crippen molar-refractivity contribution in [2.45, 2.75) is 13.1 Å². The third kappa shape index (κ3) is 3.70. The van der Waals surface area contributed by atoms with Crippen LogP contribution < -0.4 is 0 Å². The molecule has 3 heterocycles. The molecule has 0 radical (unpaired) electrons. The normalized spacial score (nSPS) is 16.1. The number of fused-ring (bicyclic) bond motifs is 3. The van der Waals surface area contributed by atoms with Gasteiger partial charge in [0.2, 0.25) is 0 Å². The zero-order valence-electron chi connectivity index (χ0n) is 17.1. The van der Waals surface area contributed by atoms with Gasteiger partial charge in [0, 0.05) is 35.8 Å². The Kier molecular flexibility index (Phi) is 5.50. The molecule has 2 aliphatic rings. The molecule has 0 amide bonds. The molecule has 2 aromatic carbocycles. The highest BCUT2D eigenvalue weighted by molar-refractivity contribution is 6.31. The Morgan fingerprint density at radius 1 is 1.16 bits per heavy atom. The molecule has 0 aliphatic carbocycles. The zero-order chi connectivity index (χ0) is 22.2. The van der Waals surface area contributed by atoms with E-state index in [0.717, 1.165) is 0 Å². The second-order valence-corrected chi connectivity index (χ2v) is 8.10. The number of aliphatic imine (C=N–C) groups is 1. The van der Waals surface area contributed by atoms with E-state index in [4.69, 9.17) is 16.3 Å². The van der Waals surface area contributed by atoms with Gasteiger partial charge in [-0.2, -0.15) is 0 Å². The minimum Gasteiger partial charge on any atom is -0.476 e. The molecule has 3 aromatic rings. The van der Waals surface area contributed by atoms with Crippen LogP contribution in [0.4, 0.5) is 4.39 Å². The molecule has 164 valence electrons. The van der Waals surface area contributed by atoms with Crippen LogP contribution in [0.25, 0.3) is 5.69 Å². The molecule has 32 heavy (non-hydrogen) atoms. The highest BCUT2D eigenvalue weighted by atomic mass is 35.5. The predicted molar refractivity (Wildman–Crippen MR) is 117 cm³/mol. The minimum atomic E-state index is -1.09. The number of benzene rings is 2. The number of carbonyl (C=O) groups is 1. The van der Waals surface area contributed by atoms with Crippen LogP contribution in [0.2, 0.25) is 5.02 Å². The number of carboxylic acids is 1. The molecule has 0 bridgehead atoms. The third-order valence-electron chi connectivity index (χ3n) is 5.68. The van der Waals surface area contributed by atoms with E-state index in [2.05, 4.69) is 14.9 Å². The topological polar surface area (TPSA) is 80.0 Å². The highest BCUT2D eigenvalue weighted by Gasteiger charge is 2.29. The van der Waals surface area contributed by atoms with Gasteiger partial charge in [-0.3, -0.25) is 14.5 Å². The third-order valence-corrected chi connectivity index (χ3v) is 5.92. The van der Waals surface area contributed by atoms with Gasteiger partial charge in [0.1, 0.15) is 11.6 Å². The fourth-order valence-corrected chi connectivity index (χ4v) is 4.37. The Labute approximate surface area is 188 Å². The van der Waals surface area contributed by atoms with Gasteiger partial charge in [-0.25, -0.2) is 14.2 Å². The molecule has 2 aliphatic heterocycles. The summed E-state index contributed by atoms with van der Waals surface area (Å²) >= 11 is 6.31. The summed E-state index contributed by atoms with van der Waals surface area (Å²) in [6.45, 7) is 3.09. The van der Waals surface area contributed by atoms with Gasteiger partial charge in [-0.05, 0) is 30.3 Å². The lowest BCUT2D eigenvalue weighted by Crippen LogP contribution is -2.36. The standard InChI is InChI=1S/C23H20ClFN4O3/c24-14-5-6-18-16(11-14)21(15-3-1-2-4-17(15)25)26-12-20-27-22(23(30)31)19(29(18)20)13-28-7-9-32-10-8-28/h1-6,11H,7-10,12-13H2,(H,30,31). The van der Waals surface area contributed by atoms with Crippen molar-refractivity contribution in [2.24, 2.45) is 4.99 Å². The molecule has 0 spiro atoms. The number of aromatic nitrogens is 2. The van der Waals surface area contributed by atoms with Crippen molar-refractivity contribution in [1.82, 2.24) is 14.5 Å². The minimum absolute atomic E-state index is 0.00284. The van der Waals surface area contributed by atoms with Gasteiger partial charge in [-0.1, -0.05) is 23.7 Å². The Morgan fingerprint density at radius 2 is 1.94 bits per heavy atom. The van der Waals surface area contributed by atoms with E-state index in [-0.39, 0.29) is 12.2 Å². The number of hydrogen-bond acceptors (Lipinski definition) is 5. The monoisotopic (exact) mass is 454 g/mol. The van der Waals surface area contributed by atoms with E-state index in [0.29, 0.717) is 71.9 Å². The Hall–Kier alpha value is -3.07. The van der Waals surface area contributed by atoms with E-state index in [1.165, 1.54) is 6.07 Å². The van der Waals surface area contributed by atoms with Crippen molar-refractivity contribution >= 4 is 23.3 Å². The average molecular weight is 455 g/mol. The first-order valence-corrected chi connectivity index (χ1v) is 10.6. The zero-order valence-corrected chi connectivity index (χ0v) is 17.8. The van der Waals surface area contributed by atoms with E-state index in [9.17, 15) is 14.3 Å². The van der Waals surface area contributed by atoms with Crippen LogP contribution in [-0.2, 0) is 17.8 Å². The summed E-state index contributed by atoms with van der Waals surface area (Å²) in [5, 5.41) is 10.3. The summed E-state index contributed by atoms with van der Waals surface area (Å²) in [6.07, 6.45) is 0. The number of ether oxygens (including phenoxy) is 1. The van der Waals surface area contributed by atoms with Gasteiger partial charge in [0.15, 0.2) is 5.69 Å². The molecule has 1 fully saturated rings. The maximum absolute atomic E-state index is 14.7. The number of aromatic carboxylic acids is 1. The summed E-state index contributed by atoms with van der Waals surface area (Å²) in [7, 11) is 0. The molecular formula is C23H20ClFN4O3. The lowest BCUT2D eigenvalue weighted by molar-refractivity contribution is 0.0331. The van der Waals surface area contributed by atoms with Crippen molar-refractivity contribution in [3.63, 3.8) is 0 Å². The van der Waals surface area contributed by atoms with Crippen molar-refractivity contribution in [3.05, 3.63) is 81.6 Å². The van der Waals surface area contributed by atoms with Crippen LogP contribution >= 0.6 is 11.6 Å². The average Bonchev–Trinajstić information content (AvgIpc) is 3.06. The maximum atomic E-state index is 14.7. The molecule has 0 atom stereocenters. The maximum Gasteiger partial charge on any atom is 0.356 e. The number of hydrogen-bond donors (Lipinski definition) is 1. The van der Waals surface area contributed by atoms with Crippen LogP contribution in [0, 0.1) is 5.82 Å². The van der Waals surface area contributed by atoms with Gasteiger partial charge >= 0.3 is 5.97 Å². The van der Waals surface area contributed by atoms with Crippen molar-refractivity contribution in [1.29, 1.82) is 0 Å². The SMILES string of the molecule is O=C(O)c1nc2n(c1CN1CCOCC1)-c1ccc(Cl)cc1C(c1ccccc1F)=NC2. The predicted octanol–water partition coefficient (Wildman–Crippen LogP) is 3.55. The van der Waals surface area contributed by atoms with E-state index in [1.807, 2.05) is 4.57 Å². The molecule has 0 saturated carbocycles. The summed E-state index contributed by atoms with van der Waals surface area (Å²) in [4.78, 5) is 23.2. The van der Waals surface area contributed by atoms with E-state index < -0.39 is 11.8 Å². The molecular weight excluding hydrogens is 435 g/mol. The number of carboxylic acid groups (broad SMARTS) is 1. The first-order valence-electron chi connectivity index (χ1n) is 10.3. The highest BCUT2D eigenvalue weighted by Crippen LogP contribution is 2.31. The lowest BCUT2D eigenvalue weighted by Gasteiger charge is -2.27. The van der Waals surface area contributed by atoms with Crippen LogP contribution in [0.15, 0.2) is 47.5 Å². The molecule has 5 rings (SSSR count). The number of nitrogens with zero attached hydrogens (tertiary/aromatic N) is 4. The first kappa shape index (κ1) is 20.8. The van der Waals surface area contributed by atoms with Crippen molar-refractivity contribution in [3.8, 4) is 5.69 Å². The Bertz CT molecular complexity index is 1230. The Balaban J connectivity index is 1.70. The summed E-state index contributed by atoms with van der Waals surface area (Å²) < 4.78 is 21.9. The van der Waals surface area contributed by atoms with Crippen LogP contribution in [0.5, 0.6) is 0 Å². The summed E-state index contributed by atoms with van der Waals surface area (Å²) in [5.74, 6) is -1.00. The van der Waals surface area contributed by atoms with Gasteiger partial charge in [0.25, 0.3) is 0 Å². The first-order chi connectivity index (χ1) is 15.5. The molecule has 9 heteroatoms. The molecule has 1 aromatic heterocycles. The second-order valence-electron chi connectivity index (χ2n) is 7.66. The Morgan fingerprint density at radius 3 is 2.69 bits per heavy atom. The number of imidazole rings is 1. The van der Waals surface area contributed by atoms with Crippen molar-refractivity contribution < 1.29 is 19.0 Å². The van der Waals surface area contributed by atoms with Crippen LogP contribution in [0.1, 0.15) is 33.1 Å². The number of halogens is 2. The quantitative estimate of drug-likeness (QED) is 0.652. The molecule has 1 N–H and O–H groups in total. The smallest absolute Gasteiger partial charge is 0.356 e. The molecule has 1 saturated heterocycles. The van der Waals surface area contributed by atoms with Gasteiger partial charge in [0.05, 0.1) is 36.9 Å². The van der Waals surface area contributed by atoms with E-state index in [1.54, 1.807) is 36.4 Å². The molecule has 7 nitrogen and oxygen atoms in total. The number of rotatable bonds is 4. The molecule has 0 unspecified atom stereocenters. The fourth-order valence-electron chi connectivity index (χ4n) is 4.20. The number of morpholine rings is 1. The van der Waals surface area contributed by atoms with Crippen LogP contribution in [0.3, 0.4) is 0 Å².